The average molecular weight is 280 g/mol. The lowest BCUT2D eigenvalue weighted by molar-refractivity contribution is -0.138. The molecule has 0 fully saturated rings. The normalized spacial score (nSPS) is 20.9. The molecule has 1 aliphatic rings. The summed E-state index contributed by atoms with van der Waals surface area (Å²) in [7, 11) is -0.717. The second-order valence-corrected chi connectivity index (χ2v) is 11.3. The molecule has 0 aromatic carbocycles. The van der Waals surface area contributed by atoms with E-state index in [1.54, 1.807) is 0 Å². The maximum Gasteiger partial charge on any atom is 0.267 e. The second kappa shape index (κ2) is 4.29. The molecular formula is C11H19F3N2OSi. The van der Waals surface area contributed by atoms with Gasteiger partial charge in [-0.05, 0) is 5.04 Å². The van der Waals surface area contributed by atoms with Crippen molar-refractivity contribution in [2.24, 2.45) is 0 Å². The van der Waals surface area contributed by atoms with Crippen LogP contribution in [-0.2, 0) is 4.79 Å². The first-order chi connectivity index (χ1) is 7.93. The Balaban J connectivity index is 3.01. The first kappa shape index (κ1) is 15.1. The van der Waals surface area contributed by atoms with Gasteiger partial charge in [-0.3, -0.25) is 4.79 Å². The number of hydrogen-bond donors (Lipinski definition) is 0. The molecule has 1 heterocycles. The Kier molecular flexibility index (Phi) is 3.59. The number of amides is 1. The lowest BCUT2D eigenvalue weighted by atomic mass is 10.2. The Labute approximate surface area is 106 Å². The van der Waals surface area contributed by atoms with Crippen LogP contribution in [0.3, 0.4) is 0 Å². The number of alkyl halides is 1. The van der Waals surface area contributed by atoms with E-state index in [2.05, 4.69) is 0 Å². The minimum absolute atomic E-state index is 0.158. The van der Waals surface area contributed by atoms with Crippen LogP contribution in [0, 0.1) is 0 Å². The highest BCUT2D eigenvalue weighted by Gasteiger charge is 2.49. The number of carbonyl (C=O) groups excluding carboxylic acids is 1. The monoisotopic (exact) mass is 280 g/mol. The minimum atomic E-state index is -2.43. The number of likely N-dealkylation sites (N-methyl/N-ethyl adjacent to an activating group) is 1. The molecule has 1 unspecified atom stereocenters. The number of carbonyl (C=O) groups is 1. The van der Waals surface area contributed by atoms with Crippen molar-refractivity contribution in [3.8, 4) is 0 Å². The fourth-order valence-corrected chi connectivity index (χ4v) is 3.09. The fourth-order valence-electron chi connectivity index (χ4n) is 1.47. The molecule has 1 rings (SSSR count). The summed E-state index contributed by atoms with van der Waals surface area (Å²) in [6.45, 7) is 9.77. The first-order valence-electron chi connectivity index (χ1n) is 5.70. The van der Waals surface area contributed by atoms with Gasteiger partial charge in [0, 0.05) is 7.05 Å². The molecule has 0 spiro atoms. The van der Waals surface area contributed by atoms with E-state index < -0.39 is 37.1 Å². The molecule has 3 nitrogen and oxygen atoms in total. The lowest BCUT2D eigenvalue weighted by Crippen LogP contribution is -2.58. The van der Waals surface area contributed by atoms with Crippen LogP contribution in [0.1, 0.15) is 20.8 Å². The van der Waals surface area contributed by atoms with Crippen molar-refractivity contribution in [1.82, 2.24) is 9.69 Å². The molecule has 0 N–H and O–H groups in total. The van der Waals surface area contributed by atoms with Crippen LogP contribution in [0.4, 0.5) is 13.3 Å². The van der Waals surface area contributed by atoms with Crippen molar-refractivity contribution in [3.05, 3.63) is 11.5 Å². The van der Waals surface area contributed by atoms with Crippen molar-refractivity contribution >= 4 is 14.1 Å². The number of nitrogens with zero attached hydrogens (tertiary/aromatic N) is 2. The second-order valence-electron chi connectivity index (χ2n) is 6.02. The van der Waals surface area contributed by atoms with Crippen LogP contribution in [0.15, 0.2) is 11.5 Å². The van der Waals surface area contributed by atoms with Crippen LogP contribution in [-0.4, -0.2) is 37.2 Å². The van der Waals surface area contributed by atoms with E-state index in [0.717, 1.165) is 0 Å². The zero-order valence-electron chi connectivity index (χ0n) is 11.5. The topological polar surface area (TPSA) is 23.6 Å². The van der Waals surface area contributed by atoms with Gasteiger partial charge in [0.25, 0.3) is 12.2 Å². The summed E-state index contributed by atoms with van der Waals surface area (Å²) in [5.74, 6) is -2.12. The van der Waals surface area contributed by atoms with E-state index in [1.165, 1.54) is 11.6 Å². The highest BCUT2D eigenvalue weighted by Crippen LogP contribution is 2.40. The third-order valence-corrected chi connectivity index (χ3v) is 9.58. The highest BCUT2D eigenvalue weighted by atomic mass is 28.3. The summed E-state index contributed by atoms with van der Waals surface area (Å²) >= 11 is 0. The fraction of sp³-hybridized carbons (Fsp3) is 0.727. The third-order valence-electron chi connectivity index (χ3n) is 4.03. The quantitative estimate of drug-likeness (QED) is 0.441. The maximum atomic E-state index is 13.1. The zero-order valence-corrected chi connectivity index (χ0v) is 12.5. The van der Waals surface area contributed by atoms with E-state index >= 15 is 0 Å². The summed E-state index contributed by atoms with van der Waals surface area (Å²) in [5.41, 5.74) is -0.810. The lowest BCUT2D eigenvalue weighted by Gasteiger charge is -2.45. The Morgan fingerprint density at radius 2 is 1.83 bits per heavy atom. The molecule has 1 amide bonds. The molecule has 0 aromatic rings. The van der Waals surface area contributed by atoms with E-state index in [0.29, 0.717) is 0 Å². The molecule has 1 aliphatic heterocycles. The third kappa shape index (κ3) is 2.04. The van der Waals surface area contributed by atoms with Crippen molar-refractivity contribution in [3.63, 3.8) is 0 Å². The molecule has 0 aliphatic carbocycles. The highest BCUT2D eigenvalue weighted by molar-refractivity contribution is 6.79. The van der Waals surface area contributed by atoms with Crippen molar-refractivity contribution in [2.75, 3.05) is 7.05 Å². The molecular weight excluding hydrogens is 261 g/mol. The minimum Gasteiger partial charge on any atom is -0.366 e. The van der Waals surface area contributed by atoms with Gasteiger partial charge in [-0.1, -0.05) is 38.3 Å². The van der Waals surface area contributed by atoms with Crippen LogP contribution < -0.4 is 0 Å². The van der Waals surface area contributed by atoms with E-state index in [1.807, 2.05) is 33.9 Å². The molecule has 0 aromatic heterocycles. The predicted octanol–water partition coefficient (Wildman–Crippen LogP) is 3.13. The van der Waals surface area contributed by atoms with Gasteiger partial charge in [0.2, 0.25) is 0 Å². The molecule has 18 heavy (non-hydrogen) atoms. The first-order valence-corrected chi connectivity index (χ1v) is 8.64. The zero-order chi connectivity index (χ0) is 14.5. The van der Waals surface area contributed by atoms with Crippen LogP contribution in [0.5, 0.6) is 0 Å². The standard InChI is InChI=1S/C11H19F3N2OSi/c1-11(2,3)18(5,6)15(4)10(17)8-7(12)9(13)16(8)14/h9H,1-6H3. The molecule has 0 radical (unpaired) electrons. The summed E-state index contributed by atoms with van der Waals surface area (Å²) in [6, 6.07) is 0. The van der Waals surface area contributed by atoms with Gasteiger partial charge in [-0.15, -0.1) is 0 Å². The number of halogens is 3. The van der Waals surface area contributed by atoms with Gasteiger partial charge in [0.1, 0.15) is 0 Å². The SMILES string of the molecule is CN(C(=O)C1=C(F)C(F)N1F)[Si](C)(C)C(C)(C)C. The maximum absolute atomic E-state index is 13.1. The van der Waals surface area contributed by atoms with Crippen LogP contribution in [0.25, 0.3) is 0 Å². The molecule has 1 atom stereocenters. The van der Waals surface area contributed by atoms with Gasteiger partial charge in [-0.2, -0.15) is 5.12 Å². The molecule has 104 valence electrons. The average Bonchev–Trinajstić information content (AvgIpc) is 2.25. The van der Waals surface area contributed by atoms with Crippen molar-refractivity contribution in [2.45, 2.75) is 45.2 Å². The number of hydrogen-bond acceptors (Lipinski definition) is 2. The Hall–Kier alpha value is -0.983. The Morgan fingerprint density at radius 3 is 2.17 bits per heavy atom. The van der Waals surface area contributed by atoms with Gasteiger partial charge in [0.05, 0.1) is 0 Å². The van der Waals surface area contributed by atoms with Crippen LogP contribution in [0.2, 0.25) is 18.1 Å². The summed E-state index contributed by atoms with van der Waals surface area (Å²) in [6.07, 6.45) is -2.43. The summed E-state index contributed by atoms with van der Waals surface area (Å²) in [4.78, 5) is 12.0. The molecule has 0 bridgehead atoms. The summed E-state index contributed by atoms with van der Waals surface area (Å²) in [5, 5.41) is -0.615. The number of rotatable bonds is 2. The van der Waals surface area contributed by atoms with E-state index in [-0.39, 0.29) is 5.04 Å². The summed E-state index contributed by atoms with van der Waals surface area (Å²) < 4.78 is 40.2. The van der Waals surface area contributed by atoms with Gasteiger partial charge in [-0.25, -0.2) is 8.78 Å². The van der Waals surface area contributed by atoms with Crippen molar-refractivity contribution < 1.29 is 18.1 Å². The molecule has 0 saturated carbocycles. The largest absolute Gasteiger partial charge is 0.366 e. The van der Waals surface area contributed by atoms with E-state index in [4.69, 9.17) is 0 Å². The Morgan fingerprint density at radius 1 is 1.39 bits per heavy atom. The van der Waals surface area contributed by atoms with Crippen LogP contribution >= 0.6 is 0 Å². The molecule has 0 saturated heterocycles. The Bertz CT molecular complexity index is 404. The van der Waals surface area contributed by atoms with Crippen molar-refractivity contribution in [1.29, 1.82) is 0 Å². The smallest absolute Gasteiger partial charge is 0.267 e. The predicted molar refractivity (Wildman–Crippen MR) is 65.9 cm³/mol. The van der Waals surface area contributed by atoms with Gasteiger partial charge < -0.3 is 4.57 Å². The van der Waals surface area contributed by atoms with E-state index in [9.17, 15) is 18.1 Å². The van der Waals surface area contributed by atoms with Gasteiger partial charge >= 0.3 is 0 Å². The van der Waals surface area contributed by atoms with Gasteiger partial charge in [0.15, 0.2) is 19.8 Å². The molecule has 7 heteroatoms.